The molecule has 8 heteroatoms. The van der Waals surface area contributed by atoms with Gasteiger partial charge in [0, 0.05) is 48.8 Å². The number of hydrogen-bond donors (Lipinski definition) is 1. The lowest BCUT2D eigenvalue weighted by atomic mass is 10.0. The summed E-state index contributed by atoms with van der Waals surface area (Å²) in [5.74, 6) is 1.45. The van der Waals surface area contributed by atoms with Crippen molar-refractivity contribution in [2.24, 2.45) is 0 Å². The maximum Gasteiger partial charge on any atom is 0.199 e. The first kappa shape index (κ1) is 20.3. The second kappa shape index (κ2) is 9.23. The summed E-state index contributed by atoms with van der Waals surface area (Å²) >= 11 is 0. The maximum absolute atomic E-state index is 14.6. The summed E-state index contributed by atoms with van der Waals surface area (Å²) < 4.78 is 20.1. The van der Waals surface area contributed by atoms with E-state index in [0.717, 1.165) is 24.3 Å². The highest BCUT2D eigenvalue weighted by molar-refractivity contribution is 5.53. The Morgan fingerprint density at radius 2 is 1.77 bits per heavy atom. The number of halogens is 1. The van der Waals surface area contributed by atoms with Crippen LogP contribution in [0, 0.1) is 19.7 Å². The largest absolute Gasteiger partial charge is 0.379 e. The molecular formula is C22H25FN6O. The maximum atomic E-state index is 14.6. The molecule has 3 heterocycles. The zero-order valence-corrected chi connectivity index (χ0v) is 17.2. The molecular weight excluding hydrogens is 383 g/mol. The summed E-state index contributed by atoms with van der Waals surface area (Å²) in [4.78, 5) is 19.9. The Bertz CT molecular complexity index is 994. The van der Waals surface area contributed by atoms with Crippen molar-refractivity contribution in [1.29, 1.82) is 0 Å². The number of anilines is 1. The highest BCUT2D eigenvalue weighted by Crippen LogP contribution is 2.26. The first-order chi connectivity index (χ1) is 14.6. The molecule has 0 radical (unpaired) electrons. The van der Waals surface area contributed by atoms with E-state index in [1.807, 2.05) is 26.0 Å². The van der Waals surface area contributed by atoms with Crippen LogP contribution in [0.25, 0.3) is 11.6 Å². The molecule has 0 aliphatic carbocycles. The molecule has 0 amide bonds. The number of aromatic nitrogens is 4. The first-order valence-electron chi connectivity index (χ1n) is 10.1. The fourth-order valence-corrected chi connectivity index (χ4v) is 3.58. The van der Waals surface area contributed by atoms with Crippen molar-refractivity contribution in [1.82, 2.24) is 24.8 Å². The lowest BCUT2D eigenvalue weighted by Crippen LogP contribution is -2.42. The minimum atomic E-state index is -0.204. The molecule has 30 heavy (non-hydrogen) atoms. The van der Waals surface area contributed by atoms with Gasteiger partial charge >= 0.3 is 0 Å². The first-order valence-corrected chi connectivity index (χ1v) is 10.1. The molecule has 1 aliphatic rings. The Kier molecular flexibility index (Phi) is 6.25. The van der Waals surface area contributed by atoms with Crippen molar-refractivity contribution in [2.45, 2.75) is 19.9 Å². The van der Waals surface area contributed by atoms with Crippen molar-refractivity contribution in [2.75, 3.05) is 38.2 Å². The quantitative estimate of drug-likeness (QED) is 0.671. The summed E-state index contributed by atoms with van der Waals surface area (Å²) in [6.45, 7) is 7.22. The van der Waals surface area contributed by atoms with Gasteiger partial charge in [0.2, 0.25) is 0 Å². The van der Waals surface area contributed by atoms with Gasteiger partial charge in [-0.15, -0.1) is 0 Å². The summed E-state index contributed by atoms with van der Waals surface area (Å²) in [7, 11) is 0. The minimum absolute atomic E-state index is 0.138. The topological polar surface area (TPSA) is 76.1 Å². The fourth-order valence-electron chi connectivity index (χ4n) is 3.58. The van der Waals surface area contributed by atoms with Gasteiger partial charge in [0.1, 0.15) is 11.6 Å². The molecule has 4 rings (SSSR count). The van der Waals surface area contributed by atoms with Crippen molar-refractivity contribution in [3.05, 3.63) is 65.4 Å². The highest BCUT2D eigenvalue weighted by Gasteiger charge is 2.25. The second-order valence-corrected chi connectivity index (χ2v) is 7.25. The van der Waals surface area contributed by atoms with E-state index in [1.54, 1.807) is 24.5 Å². The van der Waals surface area contributed by atoms with Gasteiger partial charge in [0.15, 0.2) is 11.6 Å². The molecule has 1 atom stereocenters. The average Bonchev–Trinajstić information content (AvgIpc) is 2.79. The molecule has 7 nitrogen and oxygen atoms in total. The number of aryl methyl sites for hydroxylation is 1. The van der Waals surface area contributed by atoms with Crippen LogP contribution in [-0.2, 0) is 4.74 Å². The summed E-state index contributed by atoms with van der Waals surface area (Å²) in [6, 6.07) is 8.56. The van der Waals surface area contributed by atoms with Crippen molar-refractivity contribution in [3.8, 4) is 11.6 Å². The number of nitrogens with one attached hydrogen (secondary N) is 1. The summed E-state index contributed by atoms with van der Waals surface area (Å²) in [5, 5.41) is 3.43. The van der Waals surface area contributed by atoms with E-state index in [0.29, 0.717) is 42.8 Å². The predicted molar refractivity (Wildman–Crippen MR) is 113 cm³/mol. The normalized spacial score (nSPS) is 15.7. The van der Waals surface area contributed by atoms with Crippen LogP contribution in [-0.4, -0.2) is 57.7 Å². The van der Waals surface area contributed by atoms with Crippen LogP contribution < -0.4 is 5.32 Å². The van der Waals surface area contributed by atoms with E-state index in [-0.39, 0.29) is 11.9 Å². The zero-order valence-electron chi connectivity index (χ0n) is 17.2. The molecule has 0 bridgehead atoms. The standard InChI is InChI=1S/C22H25FN6O/c1-15-16(2)27-22(21-24-8-5-9-25-21)28-20(15)26-14-19(29-10-12-30-13-11-29)17-6-3-4-7-18(17)23/h3-9,19H,10-14H2,1-2H3,(H,26,27,28). The number of rotatable bonds is 6. The van der Waals surface area contributed by atoms with E-state index in [9.17, 15) is 4.39 Å². The van der Waals surface area contributed by atoms with Crippen LogP contribution in [0.15, 0.2) is 42.7 Å². The molecule has 1 saturated heterocycles. The van der Waals surface area contributed by atoms with Gasteiger partial charge < -0.3 is 10.1 Å². The van der Waals surface area contributed by atoms with Crippen LogP contribution in [0.5, 0.6) is 0 Å². The molecule has 2 aromatic heterocycles. The van der Waals surface area contributed by atoms with Gasteiger partial charge in [-0.3, -0.25) is 4.90 Å². The molecule has 3 aromatic rings. The number of hydrogen-bond acceptors (Lipinski definition) is 7. The summed E-state index contributed by atoms with van der Waals surface area (Å²) in [5.41, 5.74) is 2.47. The van der Waals surface area contributed by atoms with E-state index in [4.69, 9.17) is 4.74 Å². The van der Waals surface area contributed by atoms with Gasteiger partial charge in [-0.1, -0.05) is 18.2 Å². The Morgan fingerprint density at radius 1 is 1.03 bits per heavy atom. The van der Waals surface area contributed by atoms with Crippen molar-refractivity contribution in [3.63, 3.8) is 0 Å². The van der Waals surface area contributed by atoms with E-state index in [2.05, 4.69) is 30.2 Å². The Hall–Kier alpha value is -2.97. The number of ether oxygens (including phenoxy) is 1. The van der Waals surface area contributed by atoms with Crippen LogP contribution in [0.4, 0.5) is 10.2 Å². The van der Waals surface area contributed by atoms with Crippen LogP contribution in [0.1, 0.15) is 22.9 Å². The number of nitrogens with zero attached hydrogens (tertiary/aromatic N) is 5. The SMILES string of the molecule is Cc1nc(-c2ncccn2)nc(NCC(c2ccccc2F)N2CCOCC2)c1C. The van der Waals surface area contributed by atoms with Crippen LogP contribution in [0.3, 0.4) is 0 Å². The molecule has 1 unspecified atom stereocenters. The molecule has 1 aromatic carbocycles. The fraction of sp³-hybridized carbons (Fsp3) is 0.364. The monoisotopic (exact) mass is 408 g/mol. The Morgan fingerprint density at radius 3 is 2.50 bits per heavy atom. The predicted octanol–water partition coefficient (Wildman–Crippen LogP) is 3.17. The summed E-state index contributed by atoms with van der Waals surface area (Å²) in [6.07, 6.45) is 3.33. The minimum Gasteiger partial charge on any atom is -0.379 e. The van der Waals surface area contributed by atoms with Crippen LogP contribution in [0.2, 0.25) is 0 Å². The third-order valence-corrected chi connectivity index (χ3v) is 5.37. The number of benzene rings is 1. The van der Waals surface area contributed by atoms with Gasteiger partial charge in [0.05, 0.1) is 19.3 Å². The Balaban J connectivity index is 1.62. The molecule has 0 saturated carbocycles. The lowest BCUT2D eigenvalue weighted by Gasteiger charge is -2.35. The smallest absolute Gasteiger partial charge is 0.199 e. The van der Waals surface area contributed by atoms with Crippen LogP contribution >= 0.6 is 0 Å². The van der Waals surface area contributed by atoms with Crippen molar-refractivity contribution < 1.29 is 9.13 Å². The molecule has 1 fully saturated rings. The van der Waals surface area contributed by atoms with E-state index < -0.39 is 0 Å². The third-order valence-electron chi connectivity index (χ3n) is 5.37. The lowest BCUT2D eigenvalue weighted by molar-refractivity contribution is 0.0180. The van der Waals surface area contributed by atoms with Gasteiger partial charge in [-0.25, -0.2) is 24.3 Å². The molecule has 1 aliphatic heterocycles. The van der Waals surface area contributed by atoms with Gasteiger partial charge in [0.25, 0.3) is 0 Å². The average molecular weight is 408 g/mol. The molecule has 156 valence electrons. The third kappa shape index (κ3) is 4.44. The zero-order chi connectivity index (χ0) is 20.9. The van der Waals surface area contributed by atoms with E-state index >= 15 is 0 Å². The second-order valence-electron chi connectivity index (χ2n) is 7.25. The molecule has 1 N–H and O–H groups in total. The van der Waals surface area contributed by atoms with Gasteiger partial charge in [-0.05, 0) is 26.0 Å². The highest BCUT2D eigenvalue weighted by atomic mass is 19.1. The molecule has 0 spiro atoms. The number of morpholine rings is 1. The van der Waals surface area contributed by atoms with Gasteiger partial charge in [-0.2, -0.15) is 0 Å². The van der Waals surface area contributed by atoms with E-state index in [1.165, 1.54) is 6.07 Å². The Labute approximate surface area is 175 Å². The van der Waals surface area contributed by atoms with Crippen molar-refractivity contribution >= 4 is 5.82 Å².